The zero-order valence-electron chi connectivity index (χ0n) is 8.21. The normalized spacial score (nSPS) is 21.1. The lowest BCUT2D eigenvalue weighted by Gasteiger charge is -2.03. The van der Waals surface area contributed by atoms with Gasteiger partial charge in [0, 0.05) is 24.8 Å². The molecule has 1 aromatic rings. The van der Waals surface area contributed by atoms with E-state index in [1.807, 2.05) is 0 Å². The van der Waals surface area contributed by atoms with Crippen LogP contribution in [0.3, 0.4) is 0 Å². The quantitative estimate of drug-likeness (QED) is 0.754. The highest BCUT2D eigenvalue weighted by Crippen LogP contribution is 2.33. The van der Waals surface area contributed by atoms with Crippen LogP contribution < -0.4 is 5.73 Å². The predicted molar refractivity (Wildman–Crippen MR) is 50.7 cm³/mol. The first-order chi connectivity index (χ1) is 6.22. The van der Waals surface area contributed by atoms with Crippen molar-refractivity contribution in [3.05, 3.63) is 17.3 Å². The average molecular weight is 180 g/mol. The van der Waals surface area contributed by atoms with Crippen molar-refractivity contribution in [3.63, 3.8) is 0 Å². The Morgan fingerprint density at radius 2 is 2.38 bits per heavy atom. The number of aryl methyl sites for hydroxylation is 1. The minimum Gasteiger partial charge on any atom is -0.445 e. The second-order valence-corrected chi connectivity index (χ2v) is 3.99. The van der Waals surface area contributed by atoms with E-state index in [2.05, 4.69) is 18.8 Å². The molecule has 0 aliphatic heterocycles. The summed E-state index contributed by atoms with van der Waals surface area (Å²) in [6.07, 6.45) is 2.12. The Balaban J connectivity index is 2.31. The molecule has 0 fully saturated rings. The average Bonchev–Trinajstić information content (AvgIpc) is 2.60. The van der Waals surface area contributed by atoms with Crippen molar-refractivity contribution in [2.24, 2.45) is 5.73 Å². The van der Waals surface area contributed by atoms with Crippen LogP contribution in [-0.4, -0.2) is 11.5 Å². The number of hydrogen-bond acceptors (Lipinski definition) is 3. The summed E-state index contributed by atoms with van der Waals surface area (Å²) in [5.74, 6) is 2.75. The highest BCUT2D eigenvalue weighted by atomic mass is 16.4. The first kappa shape index (κ1) is 8.75. The van der Waals surface area contributed by atoms with Gasteiger partial charge in [0.1, 0.15) is 5.76 Å². The molecular weight excluding hydrogens is 164 g/mol. The molecule has 1 unspecified atom stereocenters. The fourth-order valence-corrected chi connectivity index (χ4v) is 1.80. The first-order valence-corrected chi connectivity index (χ1v) is 4.92. The molecule has 0 amide bonds. The lowest BCUT2D eigenvalue weighted by atomic mass is 10.1. The highest BCUT2D eigenvalue weighted by molar-refractivity contribution is 5.22. The number of fused-ring (bicyclic) bond motifs is 1. The number of nitrogens with zero attached hydrogens (tertiary/aromatic N) is 1. The van der Waals surface area contributed by atoms with E-state index in [4.69, 9.17) is 10.2 Å². The summed E-state index contributed by atoms with van der Waals surface area (Å²) in [5.41, 5.74) is 6.77. The van der Waals surface area contributed by atoms with Crippen molar-refractivity contribution in [3.8, 4) is 0 Å². The van der Waals surface area contributed by atoms with Crippen LogP contribution in [0.4, 0.5) is 0 Å². The van der Waals surface area contributed by atoms with Crippen LogP contribution in [0.5, 0.6) is 0 Å². The van der Waals surface area contributed by atoms with Gasteiger partial charge in [-0.3, -0.25) is 0 Å². The fourth-order valence-electron chi connectivity index (χ4n) is 1.80. The molecule has 1 atom stereocenters. The Kier molecular flexibility index (Phi) is 2.12. The molecule has 2 rings (SSSR count). The van der Waals surface area contributed by atoms with Crippen LogP contribution in [0.25, 0.3) is 0 Å². The van der Waals surface area contributed by atoms with Crippen LogP contribution in [-0.2, 0) is 6.42 Å². The minimum atomic E-state index is 0.379. The maximum absolute atomic E-state index is 5.65. The van der Waals surface area contributed by atoms with Crippen molar-refractivity contribution < 1.29 is 4.42 Å². The van der Waals surface area contributed by atoms with Crippen LogP contribution in [0.2, 0.25) is 0 Å². The second kappa shape index (κ2) is 3.14. The van der Waals surface area contributed by atoms with Gasteiger partial charge < -0.3 is 10.2 Å². The van der Waals surface area contributed by atoms with Crippen LogP contribution in [0, 0.1) is 0 Å². The summed E-state index contributed by atoms with van der Waals surface area (Å²) in [7, 11) is 0. The first-order valence-electron chi connectivity index (χ1n) is 4.92. The van der Waals surface area contributed by atoms with Gasteiger partial charge in [0.05, 0.1) is 5.69 Å². The Hall–Kier alpha value is -0.830. The number of hydrogen-bond donors (Lipinski definition) is 1. The monoisotopic (exact) mass is 180 g/mol. The van der Waals surface area contributed by atoms with Gasteiger partial charge in [-0.1, -0.05) is 13.8 Å². The molecule has 13 heavy (non-hydrogen) atoms. The molecule has 0 aromatic carbocycles. The molecule has 0 spiro atoms. The smallest absolute Gasteiger partial charge is 0.197 e. The third kappa shape index (κ3) is 1.37. The molecule has 0 bridgehead atoms. The van der Waals surface area contributed by atoms with Crippen molar-refractivity contribution >= 4 is 0 Å². The molecular formula is C10H16N2O. The molecule has 0 radical (unpaired) electrons. The summed E-state index contributed by atoms with van der Waals surface area (Å²) in [6, 6.07) is 0. The van der Waals surface area contributed by atoms with Crippen LogP contribution in [0.15, 0.2) is 4.42 Å². The van der Waals surface area contributed by atoms with Crippen molar-refractivity contribution in [2.45, 2.75) is 38.5 Å². The molecule has 1 aliphatic carbocycles. The third-order valence-electron chi connectivity index (χ3n) is 2.63. The number of nitrogens with two attached hydrogens (primary N) is 1. The van der Waals surface area contributed by atoms with Gasteiger partial charge >= 0.3 is 0 Å². The number of oxazole rings is 1. The third-order valence-corrected chi connectivity index (χ3v) is 2.63. The van der Waals surface area contributed by atoms with Gasteiger partial charge in [0.15, 0.2) is 5.89 Å². The highest BCUT2D eigenvalue weighted by Gasteiger charge is 2.28. The summed E-state index contributed by atoms with van der Waals surface area (Å²) >= 11 is 0. The second-order valence-electron chi connectivity index (χ2n) is 3.99. The molecule has 0 saturated carbocycles. The standard InChI is InChI=1S/C10H16N2O/c1-6(2)10-12-9-7(5-11)3-4-8(9)13-10/h6-7H,3-5,11H2,1-2H3. The van der Waals surface area contributed by atoms with E-state index in [1.54, 1.807) is 0 Å². The Labute approximate surface area is 78.3 Å². The molecule has 1 aliphatic rings. The van der Waals surface area contributed by atoms with E-state index in [0.717, 1.165) is 30.2 Å². The lowest BCUT2D eigenvalue weighted by molar-refractivity contribution is 0.435. The van der Waals surface area contributed by atoms with Gasteiger partial charge in [-0.15, -0.1) is 0 Å². The molecule has 1 heterocycles. The van der Waals surface area contributed by atoms with E-state index in [0.29, 0.717) is 18.4 Å². The summed E-state index contributed by atoms with van der Waals surface area (Å²) < 4.78 is 5.65. The van der Waals surface area contributed by atoms with Crippen molar-refractivity contribution in [1.29, 1.82) is 0 Å². The van der Waals surface area contributed by atoms with E-state index in [1.165, 1.54) is 0 Å². The Morgan fingerprint density at radius 3 is 3.00 bits per heavy atom. The van der Waals surface area contributed by atoms with Crippen molar-refractivity contribution in [2.75, 3.05) is 6.54 Å². The summed E-state index contributed by atoms with van der Waals surface area (Å²) in [4.78, 5) is 4.50. The van der Waals surface area contributed by atoms with Gasteiger partial charge in [-0.25, -0.2) is 4.98 Å². The SMILES string of the molecule is CC(C)c1nc2c(o1)CCC2CN. The minimum absolute atomic E-state index is 0.379. The zero-order valence-corrected chi connectivity index (χ0v) is 8.21. The van der Waals surface area contributed by atoms with Crippen LogP contribution >= 0.6 is 0 Å². The summed E-state index contributed by atoms with van der Waals surface area (Å²) in [6.45, 7) is 4.88. The zero-order chi connectivity index (χ0) is 9.42. The maximum atomic E-state index is 5.65. The van der Waals surface area contributed by atoms with E-state index in [9.17, 15) is 0 Å². The maximum Gasteiger partial charge on any atom is 0.197 e. The van der Waals surface area contributed by atoms with Crippen molar-refractivity contribution in [1.82, 2.24) is 4.98 Å². The van der Waals surface area contributed by atoms with E-state index >= 15 is 0 Å². The molecule has 0 saturated heterocycles. The Morgan fingerprint density at radius 1 is 1.62 bits per heavy atom. The van der Waals surface area contributed by atoms with Gasteiger partial charge in [0.25, 0.3) is 0 Å². The van der Waals surface area contributed by atoms with Crippen LogP contribution in [0.1, 0.15) is 49.4 Å². The lowest BCUT2D eigenvalue weighted by Crippen LogP contribution is -2.10. The molecule has 72 valence electrons. The molecule has 2 N–H and O–H groups in total. The van der Waals surface area contributed by atoms with Gasteiger partial charge in [-0.2, -0.15) is 0 Å². The summed E-state index contributed by atoms with van der Waals surface area (Å²) in [5, 5.41) is 0. The number of aromatic nitrogens is 1. The predicted octanol–water partition coefficient (Wildman–Crippen LogP) is 1.79. The number of rotatable bonds is 2. The fraction of sp³-hybridized carbons (Fsp3) is 0.700. The Bertz CT molecular complexity index is 304. The largest absolute Gasteiger partial charge is 0.445 e. The van der Waals surface area contributed by atoms with Gasteiger partial charge in [-0.05, 0) is 6.42 Å². The van der Waals surface area contributed by atoms with E-state index in [-0.39, 0.29) is 0 Å². The molecule has 3 heteroatoms. The topological polar surface area (TPSA) is 52.0 Å². The van der Waals surface area contributed by atoms with E-state index < -0.39 is 0 Å². The molecule has 1 aromatic heterocycles. The van der Waals surface area contributed by atoms with Gasteiger partial charge in [0.2, 0.25) is 0 Å². The molecule has 3 nitrogen and oxygen atoms in total.